The monoisotopic (exact) mass is 341 g/mol. The van der Waals surface area contributed by atoms with E-state index in [-0.39, 0.29) is 11.5 Å². The Bertz CT molecular complexity index is 902. The first kappa shape index (κ1) is 16.0. The van der Waals surface area contributed by atoms with Gasteiger partial charge in [-0.2, -0.15) is 4.68 Å². The van der Waals surface area contributed by atoms with Gasteiger partial charge in [0.2, 0.25) is 0 Å². The lowest BCUT2D eigenvalue weighted by molar-refractivity contribution is 0.102. The van der Waals surface area contributed by atoms with E-state index in [0.29, 0.717) is 10.7 Å². The topological polar surface area (TPSA) is 85.8 Å². The van der Waals surface area contributed by atoms with Crippen LogP contribution in [0.25, 0.3) is 5.69 Å². The third-order valence-electron chi connectivity index (χ3n) is 3.63. The highest BCUT2D eigenvalue weighted by Gasteiger charge is 2.18. The molecule has 0 bridgehead atoms. The van der Waals surface area contributed by atoms with Gasteiger partial charge < -0.3 is 11.1 Å². The zero-order chi connectivity index (χ0) is 17.3. The number of anilines is 2. The Balaban J connectivity index is 1.85. The molecule has 1 aromatic heterocycles. The molecule has 0 unspecified atom stereocenters. The number of aryl methyl sites for hydroxylation is 2. The van der Waals surface area contributed by atoms with Crippen LogP contribution in [0.2, 0.25) is 5.02 Å². The van der Waals surface area contributed by atoms with Gasteiger partial charge in [-0.05, 0) is 43.7 Å². The fourth-order valence-corrected chi connectivity index (χ4v) is 2.37. The van der Waals surface area contributed by atoms with E-state index in [9.17, 15) is 4.79 Å². The molecule has 122 valence electrons. The van der Waals surface area contributed by atoms with Crippen LogP contribution in [0, 0.1) is 13.8 Å². The molecule has 0 radical (unpaired) electrons. The number of amides is 1. The molecule has 24 heavy (non-hydrogen) atoms. The smallest absolute Gasteiger partial charge is 0.280 e. The summed E-state index contributed by atoms with van der Waals surface area (Å²) in [6.45, 7) is 3.87. The summed E-state index contributed by atoms with van der Waals surface area (Å²) < 4.78 is 1.43. The number of nitrogens with zero attached hydrogens (tertiary/aromatic N) is 3. The van der Waals surface area contributed by atoms with E-state index in [1.807, 2.05) is 44.2 Å². The first-order valence-corrected chi connectivity index (χ1v) is 7.69. The summed E-state index contributed by atoms with van der Waals surface area (Å²) in [5, 5.41) is 11.2. The van der Waals surface area contributed by atoms with E-state index < -0.39 is 5.91 Å². The standard InChI is InChI=1S/C17H16ClN5O/c1-10-3-7-13(8-4-10)23-16(19)15(21-22-23)17(24)20-12-6-5-11(2)14(18)9-12/h3-9H,19H2,1-2H3,(H,20,24). The predicted molar refractivity (Wildman–Crippen MR) is 94.7 cm³/mol. The number of carbonyl (C=O) groups excluding carboxylic acids is 1. The maximum atomic E-state index is 12.4. The van der Waals surface area contributed by atoms with Crippen LogP contribution in [-0.4, -0.2) is 20.9 Å². The van der Waals surface area contributed by atoms with Crippen molar-refractivity contribution in [2.24, 2.45) is 0 Å². The van der Waals surface area contributed by atoms with Crippen LogP contribution in [0.5, 0.6) is 0 Å². The number of carbonyl (C=O) groups is 1. The highest BCUT2D eigenvalue weighted by Crippen LogP contribution is 2.21. The largest absolute Gasteiger partial charge is 0.382 e. The zero-order valence-corrected chi connectivity index (χ0v) is 14.0. The highest BCUT2D eigenvalue weighted by molar-refractivity contribution is 6.31. The predicted octanol–water partition coefficient (Wildman–Crippen LogP) is 3.37. The maximum Gasteiger partial charge on any atom is 0.280 e. The number of rotatable bonds is 3. The van der Waals surface area contributed by atoms with Crippen molar-refractivity contribution in [3.63, 3.8) is 0 Å². The maximum absolute atomic E-state index is 12.4. The van der Waals surface area contributed by atoms with E-state index >= 15 is 0 Å². The number of halogens is 1. The summed E-state index contributed by atoms with van der Waals surface area (Å²) in [5.41, 5.74) is 9.45. The van der Waals surface area contributed by atoms with Gasteiger partial charge in [0.15, 0.2) is 11.5 Å². The van der Waals surface area contributed by atoms with E-state index in [0.717, 1.165) is 16.8 Å². The van der Waals surface area contributed by atoms with Gasteiger partial charge in [0.05, 0.1) is 5.69 Å². The van der Waals surface area contributed by atoms with E-state index in [2.05, 4.69) is 15.6 Å². The van der Waals surface area contributed by atoms with Crippen molar-refractivity contribution in [1.29, 1.82) is 0 Å². The molecule has 6 nitrogen and oxygen atoms in total. The molecule has 1 amide bonds. The first-order chi connectivity index (χ1) is 11.5. The first-order valence-electron chi connectivity index (χ1n) is 7.31. The van der Waals surface area contributed by atoms with Gasteiger partial charge in [0.25, 0.3) is 5.91 Å². The Hall–Kier alpha value is -2.86. The Labute approximate surface area is 144 Å². The quantitative estimate of drug-likeness (QED) is 0.764. The number of nitrogens with two attached hydrogens (primary N) is 1. The molecule has 3 aromatic rings. The molecule has 1 heterocycles. The molecule has 3 rings (SSSR count). The molecular formula is C17H16ClN5O. The van der Waals surface area contributed by atoms with Gasteiger partial charge in [0.1, 0.15) is 0 Å². The summed E-state index contributed by atoms with van der Waals surface area (Å²) in [4.78, 5) is 12.4. The number of hydrogen-bond donors (Lipinski definition) is 2. The number of nitrogens with one attached hydrogen (secondary N) is 1. The Morgan fingerprint density at radius 1 is 1.17 bits per heavy atom. The molecule has 0 spiro atoms. The summed E-state index contributed by atoms with van der Waals surface area (Å²) in [6.07, 6.45) is 0. The van der Waals surface area contributed by atoms with Crippen LogP contribution >= 0.6 is 11.6 Å². The van der Waals surface area contributed by atoms with Crippen LogP contribution in [0.4, 0.5) is 11.5 Å². The molecule has 0 fully saturated rings. The van der Waals surface area contributed by atoms with Crippen LogP contribution in [0.3, 0.4) is 0 Å². The van der Waals surface area contributed by atoms with Crippen molar-refractivity contribution in [2.75, 3.05) is 11.1 Å². The van der Waals surface area contributed by atoms with Crippen molar-refractivity contribution >= 4 is 29.0 Å². The van der Waals surface area contributed by atoms with Crippen LogP contribution in [0.1, 0.15) is 21.6 Å². The third-order valence-corrected chi connectivity index (χ3v) is 4.04. The van der Waals surface area contributed by atoms with Crippen LogP contribution < -0.4 is 11.1 Å². The molecule has 3 N–H and O–H groups in total. The summed E-state index contributed by atoms with van der Waals surface area (Å²) in [5.74, 6) is -0.264. The van der Waals surface area contributed by atoms with E-state index in [1.54, 1.807) is 12.1 Å². The SMILES string of the molecule is Cc1ccc(-n2nnc(C(=O)Nc3ccc(C)c(Cl)c3)c2N)cc1. The second-order valence-electron chi connectivity index (χ2n) is 5.49. The van der Waals surface area contributed by atoms with Crippen molar-refractivity contribution in [3.8, 4) is 5.69 Å². The average Bonchev–Trinajstić information content (AvgIpc) is 2.93. The number of aromatic nitrogens is 3. The van der Waals surface area contributed by atoms with Crippen LogP contribution in [-0.2, 0) is 0 Å². The lowest BCUT2D eigenvalue weighted by atomic mass is 10.2. The molecule has 0 aliphatic rings. The molecule has 0 aliphatic heterocycles. The fourth-order valence-electron chi connectivity index (χ4n) is 2.19. The summed E-state index contributed by atoms with van der Waals surface area (Å²) >= 11 is 6.06. The van der Waals surface area contributed by atoms with E-state index in [4.69, 9.17) is 17.3 Å². The second-order valence-corrected chi connectivity index (χ2v) is 5.90. The van der Waals surface area contributed by atoms with Crippen molar-refractivity contribution < 1.29 is 4.79 Å². The van der Waals surface area contributed by atoms with Gasteiger partial charge in [-0.25, -0.2) is 0 Å². The van der Waals surface area contributed by atoms with Gasteiger partial charge >= 0.3 is 0 Å². The number of hydrogen-bond acceptors (Lipinski definition) is 4. The van der Waals surface area contributed by atoms with Gasteiger partial charge in [-0.1, -0.05) is 40.6 Å². The third kappa shape index (κ3) is 3.09. The molecule has 2 aromatic carbocycles. The lowest BCUT2D eigenvalue weighted by Crippen LogP contribution is -2.15. The fraction of sp³-hybridized carbons (Fsp3) is 0.118. The summed E-state index contributed by atoms with van der Waals surface area (Å²) in [7, 11) is 0. The Morgan fingerprint density at radius 2 is 1.88 bits per heavy atom. The molecule has 0 atom stereocenters. The van der Waals surface area contributed by atoms with Crippen molar-refractivity contribution in [3.05, 3.63) is 64.3 Å². The van der Waals surface area contributed by atoms with Gasteiger partial charge in [-0.15, -0.1) is 5.10 Å². The Morgan fingerprint density at radius 3 is 2.54 bits per heavy atom. The molecule has 0 aliphatic carbocycles. The van der Waals surface area contributed by atoms with Crippen LogP contribution in [0.15, 0.2) is 42.5 Å². The zero-order valence-electron chi connectivity index (χ0n) is 13.2. The van der Waals surface area contributed by atoms with Gasteiger partial charge in [0, 0.05) is 10.7 Å². The lowest BCUT2D eigenvalue weighted by Gasteiger charge is -2.06. The van der Waals surface area contributed by atoms with E-state index in [1.165, 1.54) is 4.68 Å². The second kappa shape index (κ2) is 6.33. The molecule has 0 saturated heterocycles. The highest BCUT2D eigenvalue weighted by atomic mass is 35.5. The minimum atomic E-state index is -0.439. The average molecular weight is 342 g/mol. The Kier molecular flexibility index (Phi) is 4.22. The normalized spacial score (nSPS) is 10.6. The number of nitrogen functional groups attached to an aromatic ring is 1. The minimum absolute atomic E-state index is 0.0623. The number of benzene rings is 2. The minimum Gasteiger partial charge on any atom is -0.382 e. The summed E-state index contributed by atoms with van der Waals surface area (Å²) in [6, 6.07) is 12.9. The van der Waals surface area contributed by atoms with Crippen molar-refractivity contribution in [1.82, 2.24) is 15.0 Å². The van der Waals surface area contributed by atoms with Crippen molar-refractivity contribution in [2.45, 2.75) is 13.8 Å². The molecule has 0 saturated carbocycles. The van der Waals surface area contributed by atoms with Gasteiger partial charge in [-0.3, -0.25) is 4.79 Å². The molecular weight excluding hydrogens is 326 g/mol. The molecule has 7 heteroatoms.